The van der Waals surface area contributed by atoms with E-state index in [2.05, 4.69) is 33.5 Å². The largest absolute Gasteiger partial charge is 1.00 e. The van der Waals surface area contributed by atoms with Gasteiger partial charge in [0.05, 0.1) is 6.04 Å². The zero-order chi connectivity index (χ0) is 15.4. The molecule has 1 aliphatic rings. The van der Waals surface area contributed by atoms with Crippen molar-refractivity contribution >= 4 is 12.0 Å². The van der Waals surface area contributed by atoms with E-state index in [0.29, 0.717) is 13.1 Å². The zero-order valence-electron chi connectivity index (χ0n) is 13.7. The maximum absolute atomic E-state index is 10.3. The summed E-state index contributed by atoms with van der Waals surface area (Å²) in [7, 11) is 0. The summed E-state index contributed by atoms with van der Waals surface area (Å²) in [5.41, 5.74) is 1.46. The van der Waals surface area contributed by atoms with Crippen LogP contribution in [0.3, 0.4) is 0 Å². The van der Waals surface area contributed by atoms with Crippen LogP contribution in [0.2, 0.25) is 0 Å². The summed E-state index contributed by atoms with van der Waals surface area (Å²) in [4.78, 5) is 2.21. The zero-order valence-corrected chi connectivity index (χ0v) is 25.3. The number of aliphatic hydroxyl groups is 1. The van der Waals surface area contributed by atoms with Gasteiger partial charge in [-0.15, -0.1) is 0 Å². The molecule has 3 rings (SSSR count). The number of hydrogen-bond acceptors (Lipinski definition) is 5. The van der Waals surface area contributed by atoms with Crippen molar-refractivity contribution in [3.8, 4) is 0 Å². The molecule has 0 saturated carbocycles. The molecule has 1 aliphatic heterocycles. The van der Waals surface area contributed by atoms with Crippen LogP contribution in [0.5, 0.6) is 0 Å². The third-order valence-electron chi connectivity index (χ3n) is 3.86. The molecule has 1 fully saturated rings. The summed E-state index contributed by atoms with van der Waals surface area (Å²) in [5.74, 6) is 1.52. The predicted molar refractivity (Wildman–Crippen MR) is 86.9 cm³/mol. The Morgan fingerprint density at radius 3 is 1.88 bits per heavy atom. The molecule has 0 bridgehead atoms. The Morgan fingerprint density at radius 1 is 1.00 bits per heavy atom. The van der Waals surface area contributed by atoms with Gasteiger partial charge in [0.15, 0.2) is 0 Å². The fourth-order valence-corrected chi connectivity index (χ4v) is 3.28. The molecule has 0 spiro atoms. The van der Waals surface area contributed by atoms with Crippen molar-refractivity contribution in [1.29, 1.82) is 0 Å². The van der Waals surface area contributed by atoms with Gasteiger partial charge >= 0.3 is 58.2 Å². The monoisotopic (exact) mass is 627 g/mol. The summed E-state index contributed by atoms with van der Waals surface area (Å²) in [5, 5.41) is 18.7. The fraction of sp³-hybridized carbons (Fsp3) is 0.235. The molecule has 0 atom stereocenters. The maximum Gasteiger partial charge on any atom is 1.00 e. The van der Waals surface area contributed by atoms with Gasteiger partial charge in [-0.25, -0.2) is 15.3 Å². The fourth-order valence-electron chi connectivity index (χ4n) is 2.91. The van der Waals surface area contributed by atoms with Crippen LogP contribution in [0.1, 0.15) is 17.2 Å². The second-order valence-electron chi connectivity index (χ2n) is 5.52. The second kappa shape index (κ2) is 11.7. The van der Waals surface area contributed by atoms with Crippen LogP contribution in [0.15, 0.2) is 60.7 Å². The van der Waals surface area contributed by atoms with Crippen LogP contribution in [-0.2, 0) is 4.33 Å². The molecule has 1 saturated heterocycles. The van der Waals surface area contributed by atoms with Crippen molar-refractivity contribution < 1.29 is 118 Å². The van der Waals surface area contributed by atoms with Crippen molar-refractivity contribution in [3.63, 3.8) is 0 Å². The minimum Gasteiger partial charge on any atom is -0.418 e. The molecule has 0 unspecified atom stereocenters. The molecule has 0 aromatic heterocycles. The number of β-amino-alcohol motifs (C(OH)–C–C–N with tert-alkyl or cyclic N) is 1. The minimum atomic E-state index is -0.935. The summed E-state index contributed by atoms with van der Waals surface area (Å²) in [6.07, 6.45) is 0. The topological polar surface area (TPSA) is 52.9 Å². The first kappa shape index (κ1) is 23.9. The maximum atomic E-state index is 10.3. The standard InChI is InChI=1S/C17H18NO3S.Ra.Rb/c19-17(13-22-21-20)11-18(12-17)16(14-7-3-1-4-8-14)15-9-5-2-6-10-15;;/h1-10,13,16,19-20H,11-12H2;;/q-1;;+1. The van der Waals surface area contributed by atoms with Gasteiger partial charge in [0, 0.05) is 58.1 Å². The van der Waals surface area contributed by atoms with E-state index in [0.717, 1.165) is 12.0 Å². The molecule has 2 radical (unpaired) electrons. The summed E-state index contributed by atoms with van der Waals surface area (Å²) in [6, 6.07) is 20.6. The van der Waals surface area contributed by atoms with Gasteiger partial charge in [0.25, 0.3) is 0 Å². The minimum absolute atomic E-state index is 0. The number of hydrogen-bond donors (Lipinski definition) is 2. The number of likely N-dealkylation sites (tertiary alicyclic amines) is 1. The van der Waals surface area contributed by atoms with Crippen LogP contribution in [0.4, 0.5) is 0 Å². The average Bonchev–Trinajstić information content (AvgIpc) is 2.54. The third kappa shape index (κ3) is 6.22. The van der Waals surface area contributed by atoms with Gasteiger partial charge in [-0.2, -0.15) is 12.0 Å². The van der Waals surface area contributed by atoms with Crippen LogP contribution in [0, 0.1) is 50.8 Å². The van der Waals surface area contributed by atoms with E-state index in [-0.39, 0.29) is 109 Å². The summed E-state index contributed by atoms with van der Waals surface area (Å²) in [6.45, 7) is 0.996. The van der Waals surface area contributed by atoms with Gasteiger partial charge in [0.1, 0.15) is 0 Å². The Hall–Kier alpha value is 1.90. The Morgan fingerprint density at radius 2 is 1.46 bits per heavy atom. The SMILES string of the molecule is OOS[CH-]C1(O)CN(C(c2ccccc2)c2ccccc2)C1.[Ra].[Rb+]. The predicted octanol–water partition coefficient (Wildman–Crippen LogP) is 0.126. The molecule has 4 nitrogen and oxygen atoms in total. The molecule has 24 heavy (non-hydrogen) atoms. The van der Waals surface area contributed by atoms with Crippen molar-refractivity contribution in [1.82, 2.24) is 4.90 Å². The number of benzene rings is 2. The first-order valence-electron chi connectivity index (χ1n) is 7.09. The molecule has 0 amide bonds. The van der Waals surface area contributed by atoms with Crippen LogP contribution in [-0.4, -0.2) is 34.0 Å². The summed E-state index contributed by atoms with van der Waals surface area (Å²) < 4.78 is 3.96. The van der Waals surface area contributed by atoms with Gasteiger partial charge < -0.3 is 5.11 Å². The molecule has 2 N–H and O–H groups in total. The quantitative estimate of drug-likeness (QED) is 0.207. The van der Waals surface area contributed by atoms with Gasteiger partial charge in [0.2, 0.25) is 0 Å². The Kier molecular flexibility index (Phi) is 11.7. The van der Waals surface area contributed by atoms with E-state index >= 15 is 0 Å². The molecular weight excluding hydrogens is 610 g/mol. The molecule has 0 aliphatic carbocycles. The first-order chi connectivity index (χ1) is 10.7. The van der Waals surface area contributed by atoms with Crippen molar-refractivity contribution in [2.45, 2.75) is 11.6 Å². The first-order valence-corrected chi connectivity index (χ1v) is 7.90. The number of nitrogens with zero attached hydrogens (tertiary/aromatic N) is 1. The molecule has 118 valence electrons. The molecule has 2 aromatic carbocycles. The van der Waals surface area contributed by atoms with Gasteiger partial charge in [-0.1, -0.05) is 60.7 Å². The normalized spacial score (nSPS) is 16.0. The van der Waals surface area contributed by atoms with Crippen molar-refractivity contribution in [3.05, 3.63) is 77.5 Å². The summed E-state index contributed by atoms with van der Waals surface area (Å²) >= 11 is 0.750. The van der Waals surface area contributed by atoms with Crippen LogP contribution in [0.25, 0.3) is 0 Å². The van der Waals surface area contributed by atoms with E-state index in [4.69, 9.17) is 5.26 Å². The van der Waals surface area contributed by atoms with Crippen molar-refractivity contribution in [2.75, 3.05) is 13.1 Å². The van der Waals surface area contributed by atoms with E-state index < -0.39 is 5.60 Å². The molecule has 1 heterocycles. The smallest absolute Gasteiger partial charge is 0.418 e. The van der Waals surface area contributed by atoms with Gasteiger partial charge in [-0.05, 0) is 16.7 Å². The van der Waals surface area contributed by atoms with E-state index in [1.165, 1.54) is 16.9 Å². The Balaban J connectivity index is 0.00000144. The van der Waals surface area contributed by atoms with Gasteiger partial charge in [-0.3, -0.25) is 4.90 Å². The molecule has 7 heteroatoms. The average molecular weight is 628 g/mol. The van der Waals surface area contributed by atoms with Crippen LogP contribution >= 0.6 is 12.0 Å². The molecular formula is C17H18NO3RaRbS. The van der Waals surface area contributed by atoms with Crippen molar-refractivity contribution in [2.24, 2.45) is 0 Å². The Bertz CT molecular complexity index is 560. The van der Waals surface area contributed by atoms with E-state index in [9.17, 15) is 5.11 Å². The number of rotatable bonds is 6. The second-order valence-corrected chi connectivity index (χ2v) is 6.10. The Labute approximate surface area is 232 Å². The van der Waals surface area contributed by atoms with E-state index in [1.807, 2.05) is 36.4 Å². The van der Waals surface area contributed by atoms with Crippen LogP contribution < -0.4 is 58.2 Å². The van der Waals surface area contributed by atoms with E-state index in [1.54, 1.807) is 0 Å². The third-order valence-corrected chi connectivity index (χ3v) is 4.48. The molecule has 2 aromatic rings.